The third-order valence-electron chi connectivity index (χ3n) is 2.08. The van der Waals surface area contributed by atoms with E-state index in [0.717, 1.165) is 0 Å². The molecule has 17 heavy (non-hydrogen) atoms. The van der Waals surface area contributed by atoms with E-state index in [0.29, 0.717) is 9.80 Å². The molecule has 0 spiro atoms. The zero-order chi connectivity index (χ0) is 17.9. The SMILES string of the molecule is [2H]C1([2H])NS(=O)(=O)CCN1C([2H])([2H])N1CCS(=O)(=O)NC1([2H])[2H]. The summed E-state index contributed by atoms with van der Waals surface area (Å²) in [5.41, 5.74) is 0. The van der Waals surface area contributed by atoms with Crippen molar-refractivity contribution < 1.29 is 25.1 Å². The Morgan fingerprint density at radius 1 is 1.00 bits per heavy atom. The fraction of sp³-hybridized carbons (Fsp3) is 1.00. The molecule has 0 atom stereocenters. The lowest BCUT2D eigenvalue weighted by Crippen LogP contribution is -2.55. The normalized spacial score (nSPS) is 42.1. The molecule has 0 aromatic rings. The van der Waals surface area contributed by atoms with E-state index < -0.39 is 64.5 Å². The zero-order valence-corrected chi connectivity index (χ0v) is 10.3. The van der Waals surface area contributed by atoms with Crippen molar-refractivity contribution >= 4 is 20.0 Å². The maximum absolute atomic E-state index is 11.4. The van der Waals surface area contributed by atoms with E-state index in [1.807, 2.05) is 0 Å². The summed E-state index contributed by atoms with van der Waals surface area (Å²) in [6.07, 6.45) is 0. The van der Waals surface area contributed by atoms with Crippen LogP contribution in [0.5, 0.6) is 0 Å². The number of hydrogen-bond donors (Lipinski definition) is 2. The lowest BCUT2D eigenvalue weighted by atomic mass is 10.5. The highest BCUT2D eigenvalue weighted by molar-refractivity contribution is 7.89. The molecule has 0 aromatic carbocycles. The Labute approximate surface area is 109 Å². The molecule has 2 aliphatic rings. The van der Waals surface area contributed by atoms with Gasteiger partial charge in [-0.15, -0.1) is 0 Å². The van der Waals surface area contributed by atoms with Gasteiger partial charge in [-0.3, -0.25) is 9.80 Å². The highest BCUT2D eigenvalue weighted by Gasteiger charge is 2.25. The average Bonchev–Trinajstić information content (AvgIpc) is 2.20. The molecule has 2 rings (SSSR count). The largest absolute Gasteiger partial charge is 0.276 e. The van der Waals surface area contributed by atoms with Gasteiger partial charge in [0.15, 0.2) is 0 Å². The van der Waals surface area contributed by atoms with Gasteiger partial charge in [0.1, 0.15) is 0 Å². The van der Waals surface area contributed by atoms with Crippen molar-refractivity contribution in [2.24, 2.45) is 0 Å². The Bertz CT molecular complexity index is 638. The van der Waals surface area contributed by atoms with E-state index in [1.54, 1.807) is 9.44 Å². The summed E-state index contributed by atoms with van der Waals surface area (Å²) < 4.78 is 96.0. The van der Waals surface area contributed by atoms with Gasteiger partial charge in [-0.1, -0.05) is 0 Å². The van der Waals surface area contributed by atoms with Crippen molar-refractivity contribution in [2.45, 2.75) is 0 Å². The first-order valence-corrected chi connectivity index (χ1v) is 7.98. The van der Waals surface area contributed by atoms with Crippen LogP contribution in [0.1, 0.15) is 8.22 Å². The molecule has 10 heteroatoms. The minimum atomic E-state index is -3.92. The van der Waals surface area contributed by atoms with Gasteiger partial charge in [-0.05, 0) is 0 Å². The van der Waals surface area contributed by atoms with Crippen LogP contribution >= 0.6 is 0 Å². The highest BCUT2D eigenvalue weighted by Crippen LogP contribution is 2.03. The van der Waals surface area contributed by atoms with Gasteiger partial charge >= 0.3 is 0 Å². The van der Waals surface area contributed by atoms with Gasteiger partial charge in [-0.25, -0.2) is 26.3 Å². The Morgan fingerprint density at radius 3 is 1.76 bits per heavy atom. The van der Waals surface area contributed by atoms with Crippen molar-refractivity contribution in [3.63, 3.8) is 0 Å². The summed E-state index contributed by atoms with van der Waals surface area (Å²) in [4.78, 5) is 0.997. The summed E-state index contributed by atoms with van der Waals surface area (Å²) in [6, 6.07) is 0. The van der Waals surface area contributed by atoms with E-state index in [1.165, 1.54) is 0 Å². The molecule has 0 bridgehead atoms. The average molecular weight is 290 g/mol. The highest BCUT2D eigenvalue weighted by atomic mass is 32.2. The first-order valence-electron chi connectivity index (χ1n) is 7.68. The van der Waals surface area contributed by atoms with Crippen LogP contribution in [-0.2, 0) is 20.0 Å². The second kappa shape index (κ2) is 4.78. The summed E-state index contributed by atoms with van der Waals surface area (Å²) in [6.45, 7) is -9.46. The zero-order valence-electron chi connectivity index (χ0n) is 14.7. The molecule has 2 saturated heterocycles. The van der Waals surface area contributed by atoms with Gasteiger partial charge in [-0.2, -0.15) is 0 Å². The Morgan fingerprint density at radius 2 is 1.41 bits per heavy atom. The predicted octanol–water partition coefficient (Wildman–Crippen LogP) is -2.67. The first-order chi connectivity index (χ1) is 10.1. The number of nitrogens with one attached hydrogen (secondary N) is 2. The summed E-state index contributed by atoms with van der Waals surface area (Å²) in [5, 5.41) is 0. The van der Waals surface area contributed by atoms with Crippen LogP contribution in [0, 0.1) is 0 Å². The monoisotopic (exact) mass is 290 g/mol. The van der Waals surface area contributed by atoms with Crippen LogP contribution in [0.25, 0.3) is 0 Å². The van der Waals surface area contributed by atoms with Crippen LogP contribution in [0.4, 0.5) is 0 Å². The lowest BCUT2D eigenvalue weighted by Gasteiger charge is -2.34. The molecular weight excluding hydrogens is 268 g/mol. The number of hydrogen-bond acceptors (Lipinski definition) is 6. The summed E-state index contributed by atoms with van der Waals surface area (Å²) >= 11 is 0. The van der Waals surface area contributed by atoms with Crippen LogP contribution in [-0.4, -0.2) is 71.1 Å². The van der Waals surface area contributed by atoms with Gasteiger partial charge in [0, 0.05) is 13.1 Å². The quantitative estimate of drug-likeness (QED) is 0.575. The van der Waals surface area contributed by atoms with Crippen molar-refractivity contribution in [3.8, 4) is 0 Å². The van der Waals surface area contributed by atoms with Gasteiger partial charge in [0.05, 0.1) is 39.6 Å². The van der Waals surface area contributed by atoms with Crippen molar-refractivity contribution in [1.82, 2.24) is 19.2 Å². The van der Waals surface area contributed by atoms with E-state index in [4.69, 9.17) is 8.22 Å². The Kier molecular flexibility index (Phi) is 2.07. The molecular formula is C7H16N4O4S2. The third kappa shape index (κ3) is 3.86. The van der Waals surface area contributed by atoms with E-state index in [-0.39, 0.29) is 0 Å². The second-order valence-electron chi connectivity index (χ2n) is 3.47. The maximum Gasteiger partial charge on any atom is 0.213 e. The van der Waals surface area contributed by atoms with Gasteiger partial charge < -0.3 is 0 Å². The first kappa shape index (κ1) is 7.36. The summed E-state index contributed by atoms with van der Waals surface area (Å²) in [7, 11) is -7.84. The van der Waals surface area contributed by atoms with Crippen LogP contribution < -0.4 is 9.44 Å². The van der Waals surface area contributed by atoms with Crippen LogP contribution in [0.2, 0.25) is 0 Å². The Balaban J connectivity index is 2.35. The molecule has 8 nitrogen and oxygen atoms in total. The molecule has 0 aromatic heterocycles. The van der Waals surface area contributed by atoms with Crippen molar-refractivity contribution in [3.05, 3.63) is 0 Å². The van der Waals surface area contributed by atoms with E-state index in [9.17, 15) is 16.8 Å². The molecule has 0 aliphatic carbocycles. The number of sulfonamides is 2. The fourth-order valence-electron chi connectivity index (χ4n) is 1.18. The molecule has 2 heterocycles. The van der Waals surface area contributed by atoms with Crippen molar-refractivity contribution in [1.29, 1.82) is 0 Å². The molecule has 2 fully saturated rings. The smallest absolute Gasteiger partial charge is 0.213 e. The van der Waals surface area contributed by atoms with E-state index in [2.05, 4.69) is 0 Å². The molecule has 0 saturated carbocycles. The van der Waals surface area contributed by atoms with Crippen molar-refractivity contribution in [2.75, 3.05) is 44.5 Å². The topological polar surface area (TPSA) is 98.8 Å². The third-order valence-corrected chi connectivity index (χ3v) is 4.33. The fourth-order valence-corrected chi connectivity index (χ4v) is 2.73. The Hall–Kier alpha value is -0.260. The molecule has 0 amide bonds. The van der Waals surface area contributed by atoms with Crippen LogP contribution in [0.3, 0.4) is 0 Å². The standard InChI is InChI=1S/C7H16N4O4S2/c12-16(13)3-1-10(5-8-16)7-11-2-4-17(14,15)9-6-11/h8-9H,1-7H2/i5D2,6D2,7D2. The molecule has 0 radical (unpaired) electrons. The molecule has 2 N–H and O–H groups in total. The molecule has 0 unspecified atom stereocenters. The summed E-state index contributed by atoms with van der Waals surface area (Å²) in [5.74, 6) is -1.15. The maximum atomic E-state index is 11.4. The predicted molar refractivity (Wildman–Crippen MR) is 61.9 cm³/mol. The number of rotatable bonds is 2. The van der Waals surface area contributed by atoms with Gasteiger partial charge in [0.2, 0.25) is 20.0 Å². The minimum Gasteiger partial charge on any atom is -0.276 e. The van der Waals surface area contributed by atoms with Gasteiger partial charge in [0.25, 0.3) is 0 Å². The lowest BCUT2D eigenvalue weighted by molar-refractivity contribution is 0.130. The second-order valence-corrected chi connectivity index (χ2v) is 7.15. The molecule has 2 aliphatic heterocycles. The minimum absolute atomic E-state index is 0.499. The van der Waals surface area contributed by atoms with E-state index >= 15 is 0 Å². The van der Waals surface area contributed by atoms with Crippen LogP contribution in [0.15, 0.2) is 0 Å². The molecule has 100 valence electrons. The number of nitrogens with zero attached hydrogens (tertiary/aromatic N) is 2.